The minimum Gasteiger partial charge on any atom is -0.387 e. The zero-order chi connectivity index (χ0) is 13.5. The number of aromatic nitrogens is 1. The van der Waals surface area contributed by atoms with E-state index in [0.29, 0.717) is 18.7 Å². The average molecular weight is 253 g/mol. The Hall–Kier alpha value is -2.22. The normalized spacial score (nSPS) is 11.8. The van der Waals surface area contributed by atoms with Crippen LogP contribution in [0.4, 0.5) is 0 Å². The maximum absolute atomic E-state index is 9.95. The predicted octanol–water partition coefficient (Wildman–Crippen LogP) is 1.78. The van der Waals surface area contributed by atoms with Gasteiger partial charge in [-0.2, -0.15) is 5.26 Å². The van der Waals surface area contributed by atoms with Crippen molar-refractivity contribution >= 4 is 0 Å². The Labute approximate surface area is 112 Å². The van der Waals surface area contributed by atoms with Crippen molar-refractivity contribution in [2.45, 2.75) is 12.6 Å². The van der Waals surface area contributed by atoms with Crippen LogP contribution in [-0.2, 0) is 6.54 Å². The minimum absolute atomic E-state index is 0.476. The fourth-order valence-corrected chi connectivity index (χ4v) is 1.75. The zero-order valence-corrected chi connectivity index (χ0v) is 10.5. The molecule has 1 aromatic carbocycles. The van der Waals surface area contributed by atoms with Crippen LogP contribution in [0, 0.1) is 11.3 Å². The maximum atomic E-state index is 9.95. The lowest BCUT2D eigenvalue weighted by Crippen LogP contribution is -2.21. The van der Waals surface area contributed by atoms with Gasteiger partial charge in [0, 0.05) is 25.5 Å². The average Bonchev–Trinajstić information content (AvgIpc) is 2.49. The summed E-state index contributed by atoms with van der Waals surface area (Å²) in [6.07, 6.45) is 2.79. The predicted molar refractivity (Wildman–Crippen MR) is 72.1 cm³/mol. The number of nitriles is 1. The van der Waals surface area contributed by atoms with Gasteiger partial charge >= 0.3 is 0 Å². The van der Waals surface area contributed by atoms with E-state index in [9.17, 15) is 5.11 Å². The lowest BCUT2D eigenvalue weighted by Gasteiger charge is -2.12. The number of aliphatic hydroxyl groups is 1. The first kappa shape index (κ1) is 13.2. The highest BCUT2D eigenvalue weighted by atomic mass is 16.3. The first-order chi connectivity index (χ1) is 9.29. The SMILES string of the molecule is N#Cc1ccc(CNCC(O)c2ccncc2)cc1. The number of nitrogens with zero attached hydrogens (tertiary/aromatic N) is 2. The van der Waals surface area contributed by atoms with E-state index >= 15 is 0 Å². The Morgan fingerprint density at radius 2 is 1.84 bits per heavy atom. The molecule has 1 heterocycles. The summed E-state index contributed by atoms with van der Waals surface area (Å²) >= 11 is 0. The number of nitrogens with one attached hydrogen (secondary N) is 1. The lowest BCUT2D eigenvalue weighted by atomic mass is 10.1. The van der Waals surface area contributed by atoms with Crippen molar-refractivity contribution in [2.24, 2.45) is 0 Å². The highest BCUT2D eigenvalue weighted by Gasteiger charge is 2.05. The molecular formula is C15H15N3O. The van der Waals surface area contributed by atoms with Crippen molar-refractivity contribution in [3.63, 3.8) is 0 Å². The highest BCUT2D eigenvalue weighted by molar-refractivity contribution is 5.31. The molecule has 2 N–H and O–H groups in total. The quantitative estimate of drug-likeness (QED) is 0.852. The van der Waals surface area contributed by atoms with Crippen molar-refractivity contribution in [2.75, 3.05) is 6.54 Å². The molecule has 0 bridgehead atoms. The second kappa shape index (κ2) is 6.64. The number of hydrogen-bond acceptors (Lipinski definition) is 4. The zero-order valence-electron chi connectivity index (χ0n) is 10.5. The summed E-state index contributed by atoms with van der Waals surface area (Å²) < 4.78 is 0. The van der Waals surface area contributed by atoms with Crippen molar-refractivity contribution in [3.05, 3.63) is 65.5 Å². The van der Waals surface area contributed by atoms with E-state index in [1.807, 2.05) is 12.1 Å². The van der Waals surface area contributed by atoms with E-state index in [-0.39, 0.29) is 0 Å². The van der Waals surface area contributed by atoms with Crippen molar-refractivity contribution in [1.29, 1.82) is 5.26 Å². The molecule has 4 heteroatoms. The molecule has 0 aliphatic rings. The van der Waals surface area contributed by atoms with Gasteiger partial charge in [-0.3, -0.25) is 4.98 Å². The van der Waals surface area contributed by atoms with E-state index < -0.39 is 6.10 Å². The number of aliphatic hydroxyl groups excluding tert-OH is 1. The third-order valence-electron chi connectivity index (χ3n) is 2.84. The van der Waals surface area contributed by atoms with Gasteiger partial charge in [0.15, 0.2) is 0 Å². The van der Waals surface area contributed by atoms with E-state index in [1.165, 1.54) is 0 Å². The van der Waals surface area contributed by atoms with Gasteiger partial charge < -0.3 is 10.4 Å². The molecule has 0 amide bonds. The van der Waals surface area contributed by atoms with E-state index in [1.54, 1.807) is 36.7 Å². The molecule has 0 aliphatic heterocycles. The van der Waals surface area contributed by atoms with Gasteiger partial charge in [-0.05, 0) is 35.4 Å². The molecule has 2 rings (SSSR count). The van der Waals surface area contributed by atoms with Crippen LogP contribution in [0.3, 0.4) is 0 Å². The Morgan fingerprint density at radius 1 is 1.16 bits per heavy atom. The molecule has 0 aliphatic carbocycles. The van der Waals surface area contributed by atoms with E-state index in [0.717, 1.165) is 11.1 Å². The van der Waals surface area contributed by atoms with E-state index in [2.05, 4.69) is 16.4 Å². The summed E-state index contributed by atoms with van der Waals surface area (Å²) in [7, 11) is 0. The fraction of sp³-hybridized carbons (Fsp3) is 0.200. The number of pyridine rings is 1. The molecular weight excluding hydrogens is 238 g/mol. The van der Waals surface area contributed by atoms with Gasteiger partial charge in [-0.1, -0.05) is 12.1 Å². The molecule has 0 spiro atoms. The number of rotatable bonds is 5. The summed E-state index contributed by atoms with van der Waals surface area (Å²) in [5, 5.41) is 21.8. The second-order valence-electron chi connectivity index (χ2n) is 4.24. The molecule has 0 fully saturated rings. The molecule has 1 atom stereocenters. The Balaban J connectivity index is 1.81. The lowest BCUT2D eigenvalue weighted by molar-refractivity contribution is 0.174. The Bertz CT molecular complexity index is 546. The third-order valence-corrected chi connectivity index (χ3v) is 2.84. The first-order valence-corrected chi connectivity index (χ1v) is 6.07. The molecule has 0 saturated carbocycles. The number of hydrogen-bond donors (Lipinski definition) is 2. The molecule has 19 heavy (non-hydrogen) atoms. The topological polar surface area (TPSA) is 68.9 Å². The standard InChI is InChI=1S/C15H15N3O/c16-9-12-1-3-13(4-2-12)10-18-11-15(19)14-5-7-17-8-6-14/h1-8,15,18-19H,10-11H2. The summed E-state index contributed by atoms with van der Waals surface area (Å²) in [4.78, 5) is 3.91. The van der Waals surface area contributed by atoms with Crippen molar-refractivity contribution in [1.82, 2.24) is 10.3 Å². The molecule has 0 saturated heterocycles. The van der Waals surface area contributed by atoms with Gasteiger partial charge in [-0.15, -0.1) is 0 Å². The van der Waals surface area contributed by atoms with Gasteiger partial charge in [0.2, 0.25) is 0 Å². The third kappa shape index (κ3) is 3.88. The summed E-state index contributed by atoms with van der Waals surface area (Å²) in [5.41, 5.74) is 2.59. The summed E-state index contributed by atoms with van der Waals surface area (Å²) in [5.74, 6) is 0. The van der Waals surface area contributed by atoms with Crippen LogP contribution in [0.15, 0.2) is 48.8 Å². The van der Waals surface area contributed by atoms with Gasteiger partial charge in [-0.25, -0.2) is 0 Å². The first-order valence-electron chi connectivity index (χ1n) is 6.07. The van der Waals surface area contributed by atoms with Crippen LogP contribution in [0.2, 0.25) is 0 Å². The van der Waals surface area contributed by atoms with Crippen LogP contribution < -0.4 is 5.32 Å². The molecule has 96 valence electrons. The molecule has 1 aromatic heterocycles. The van der Waals surface area contributed by atoms with Crippen molar-refractivity contribution < 1.29 is 5.11 Å². The van der Waals surface area contributed by atoms with Crippen LogP contribution in [0.5, 0.6) is 0 Å². The molecule has 0 radical (unpaired) electrons. The van der Waals surface area contributed by atoms with Crippen LogP contribution >= 0.6 is 0 Å². The molecule has 2 aromatic rings. The Kier molecular flexibility index (Phi) is 4.62. The fourth-order valence-electron chi connectivity index (χ4n) is 1.75. The maximum Gasteiger partial charge on any atom is 0.0991 e. The van der Waals surface area contributed by atoms with Gasteiger partial charge in [0.1, 0.15) is 0 Å². The Morgan fingerprint density at radius 3 is 2.47 bits per heavy atom. The van der Waals surface area contributed by atoms with Crippen LogP contribution in [0.25, 0.3) is 0 Å². The van der Waals surface area contributed by atoms with Crippen molar-refractivity contribution in [3.8, 4) is 6.07 Å². The molecule has 4 nitrogen and oxygen atoms in total. The second-order valence-corrected chi connectivity index (χ2v) is 4.24. The van der Waals surface area contributed by atoms with Crippen LogP contribution in [0.1, 0.15) is 22.8 Å². The minimum atomic E-state index is -0.540. The largest absolute Gasteiger partial charge is 0.387 e. The summed E-state index contributed by atoms with van der Waals surface area (Å²) in [6, 6.07) is 13.1. The molecule has 1 unspecified atom stereocenters. The van der Waals surface area contributed by atoms with Crippen LogP contribution in [-0.4, -0.2) is 16.6 Å². The van der Waals surface area contributed by atoms with E-state index in [4.69, 9.17) is 5.26 Å². The number of benzene rings is 1. The summed E-state index contributed by atoms with van der Waals surface area (Å²) in [6.45, 7) is 1.14. The smallest absolute Gasteiger partial charge is 0.0991 e. The monoisotopic (exact) mass is 253 g/mol. The highest BCUT2D eigenvalue weighted by Crippen LogP contribution is 2.10. The van der Waals surface area contributed by atoms with Gasteiger partial charge in [0.05, 0.1) is 17.7 Å². The van der Waals surface area contributed by atoms with Gasteiger partial charge in [0.25, 0.3) is 0 Å².